The van der Waals surface area contributed by atoms with E-state index in [0.717, 1.165) is 0 Å². The van der Waals surface area contributed by atoms with Crippen LogP contribution in [0.2, 0.25) is 0 Å². The Labute approximate surface area is 72.1 Å². The molecule has 4 heteroatoms. The van der Waals surface area contributed by atoms with Gasteiger partial charge in [-0.3, -0.25) is 9.59 Å². The van der Waals surface area contributed by atoms with E-state index < -0.39 is 0 Å². The number of carbonyl (C=O) groups excluding carboxylic acids is 2. The van der Waals surface area contributed by atoms with Crippen LogP contribution in [0.15, 0.2) is 0 Å². The molecule has 12 heavy (non-hydrogen) atoms. The van der Waals surface area contributed by atoms with Crippen molar-refractivity contribution in [2.24, 2.45) is 0 Å². The second-order valence-electron chi connectivity index (χ2n) is 3.18. The van der Waals surface area contributed by atoms with Crippen LogP contribution < -0.4 is 0 Å². The van der Waals surface area contributed by atoms with Crippen LogP contribution in [0.25, 0.3) is 0 Å². The van der Waals surface area contributed by atoms with Crippen molar-refractivity contribution >= 4 is 11.8 Å². The SMILES string of the molecule is CC(=O)N1C(C)C(=O)N(C)C1C. The van der Waals surface area contributed by atoms with Gasteiger partial charge in [0, 0.05) is 14.0 Å². The van der Waals surface area contributed by atoms with Crippen molar-refractivity contribution < 1.29 is 9.59 Å². The van der Waals surface area contributed by atoms with E-state index in [-0.39, 0.29) is 24.0 Å². The Balaban J connectivity index is 2.90. The van der Waals surface area contributed by atoms with E-state index >= 15 is 0 Å². The van der Waals surface area contributed by atoms with Gasteiger partial charge in [0.1, 0.15) is 12.2 Å². The standard InChI is InChI=1S/C8H14N2O2/c1-5-8(12)9(4)6(2)10(5)7(3)11/h5-6H,1-4H3. The fourth-order valence-electron chi connectivity index (χ4n) is 1.64. The number of hydrogen-bond acceptors (Lipinski definition) is 2. The monoisotopic (exact) mass is 170 g/mol. The lowest BCUT2D eigenvalue weighted by Gasteiger charge is -2.24. The molecular formula is C8H14N2O2. The molecule has 2 amide bonds. The van der Waals surface area contributed by atoms with Crippen LogP contribution in [0.3, 0.4) is 0 Å². The number of likely N-dealkylation sites (N-methyl/N-ethyl adjacent to an activating group) is 1. The summed E-state index contributed by atoms with van der Waals surface area (Å²) in [5, 5.41) is 0. The van der Waals surface area contributed by atoms with E-state index in [1.807, 2.05) is 6.92 Å². The molecule has 1 fully saturated rings. The van der Waals surface area contributed by atoms with E-state index in [4.69, 9.17) is 0 Å². The summed E-state index contributed by atoms with van der Waals surface area (Å²) in [5.41, 5.74) is 0. The number of hydrogen-bond donors (Lipinski definition) is 0. The van der Waals surface area contributed by atoms with Crippen molar-refractivity contribution in [3.8, 4) is 0 Å². The fraction of sp³-hybridized carbons (Fsp3) is 0.750. The zero-order valence-electron chi connectivity index (χ0n) is 7.87. The Kier molecular flexibility index (Phi) is 2.08. The van der Waals surface area contributed by atoms with E-state index in [2.05, 4.69) is 0 Å². The summed E-state index contributed by atoms with van der Waals surface area (Å²) in [4.78, 5) is 25.6. The minimum Gasteiger partial charge on any atom is -0.324 e. The van der Waals surface area contributed by atoms with Crippen molar-refractivity contribution in [2.45, 2.75) is 33.0 Å². The molecule has 0 bridgehead atoms. The second-order valence-corrected chi connectivity index (χ2v) is 3.18. The summed E-state index contributed by atoms with van der Waals surface area (Å²) in [6, 6.07) is -0.303. The maximum atomic E-state index is 11.4. The molecule has 1 saturated heterocycles. The molecule has 0 spiro atoms. The van der Waals surface area contributed by atoms with Crippen molar-refractivity contribution in [3.63, 3.8) is 0 Å². The third-order valence-corrected chi connectivity index (χ3v) is 2.45. The van der Waals surface area contributed by atoms with Gasteiger partial charge in [0.05, 0.1) is 0 Å². The van der Waals surface area contributed by atoms with E-state index in [1.54, 1.807) is 23.8 Å². The lowest BCUT2D eigenvalue weighted by Crippen LogP contribution is -2.39. The maximum absolute atomic E-state index is 11.4. The van der Waals surface area contributed by atoms with Crippen LogP contribution in [0.5, 0.6) is 0 Å². The normalized spacial score (nSPS) is 29.8. The summed E-state index contributed by atoms with van der Waals surface area (Å²) < 4.78 is 0. The van der Waals surface area contributed by atoms with Gasteiger partial charge >= 0.3 is 0 Å². The van der Waals surface area contributed by atoms with Gasteiger partial charge in [-0.15, -0.1) is 0 Å². The van der Waals surface area contributed by atoms with Crippen LogP contribution in [-0.4, -0.2) is 40.9 Å². The number of rotatable bonds is 0. The Morgan fingerprint density at radius 1 is 1.42 bits per heavy atom. The average Bonchev–Trinajstić information content (AvgIpc) is 2.16. The quantitative estimate of drug-likeness (QED) is 0.515. The first-order valence-electron chi connectivity index (χ1n) is 4.02. The van der Waals surface area contributed by atoms with Gasteiger partial charge in [0.15, 0.2) is 0 Å². The van der Waals surface area contributed by atoms with E-state index in [9.17, 15) is 9.59 Å². The van der Waals surface area contributed by atoms with Gasteiger partial charge in [-0.05, 0) is 13.8 Å². The molecule has 2 unspecified atom stereocenters. The van der Waals surface area contributed by atoms with Crippen LogP contribution in [0, 0.1) is 0 Å². The smallest absolute Gasteiger partial charge is 0.246 e. The van der Waals surface area contributed by atoms with Crippen LogP contribution in [0.4, 0.5) is 0 Å². The number of carbonyl (C=O) groups is 2. The summed E-state index contributed by atoms with van der Waals surface area (Å²) in [6.07, 6.45) is -0.106. The molecule has 0 aromatic carbocycles. The van der Waals surface area contributed by atoms with E-state index in [1.165, 1.54) is 6.92 Å². The van der Waals surface area contributed by atoms with Crippen LogP contribution >= 0.6 is 0 Å². The summed E-state index contributed by atoms with van der Waals surface area (Å²) in [5.74, 6) is -0.0367. The molecule has 0 aromatic heterocycles. The van der Waals surface area contributed by atoms with Crippen molar-refractivity contribution in [2.75, 3.05) is 7.05 Å². The first-order chi connectivity index (χ1) is 5.46. The Bertz CT molecular complexity index is 227. The molecule has 0 radical (unpaired) electrons. The molecule has 0 N–H and O–H groups in total. The molecule has 0 aromatic rings. The Morgan fingerprint density at radius 2 is 1.92 bits per heavy atom. The second kappa shape index (κ2) is 2.77. The van der Waals surface area contributed by atoms with Gasteiger partial charge < -0.3 is 9.80 Å². The molecule has 1 heterocycles. The Morgan fingerprint density at radius 3 is 2.08 bits per heavy atom. The largest absolute Gasteiger partial charge is 0.324 e. The van der Waals surface area contributed by atoms with Crippen molar-refractivity contribution in [1.29, 1.82) is 0 Å². The first kappa shape index (κ1) is 9.03. The predicted octanol–water partition coefficient (Wildman–Crippen LogP) is 0.0414. The molecule has 1 aliphatic rings. The summed E-state index contributed by atoms with van der Waals surface area (Å²) in [7, 11) is 1.71. The molecule has 1 aliphatic heterocycles. The molecule has 1 rings (SSSR count). The number of nitrogens with zero attached hydrogens (tertiary/aromatic N) is 2. The highest BCUT2D eigenvalue weighted by molar-refractivity contribution is 5.89. The molecule has 68 valence electrons. The van der Waals surface area contributed by atoms with Crippen molar-refractivity contribution in [3.05, 3.63) is 0 Å². The fourth-order valence-corrected chi connectivity index (χ4v) is 1.64. The average molecular weight is 170 g/mol. The van der Waals surface area contributed by atoms with Gasteiger partial charge in [0.2, 0.25) is 11.8 Å². The Hall–Kier alpha value is -1.06. The predicted molar refractivity (Wildman–Crippen MR) is 44.2 cm³/mol. The van der Waals surface area contributed by atoms with Crippen molar-refractivity contribution in [1.82, 2.24) is 9.80 Å². The highest BCUT2D eigenvalue weighted by Gasteiger charge is 2.40. The van der Waals surface area contributed by atoms with Gasteiger partial charge in [-0.2, -0.15) is 0 Å². The maximum Gasteiger partial charge on any atom is 0.246 e. The lowest BCUT2D eigenvalue weighted by atomic mass is 10.3. The highest BCUT2D eigenvalue weighted by atomic mass is 16.2. The lowest BCUT2D eigenvalue weighted by molar-refractivity contribution is -0.133. The van der Waals surface area contributed by atoms with Gasteiger partial charge in [-0.25, -0.2) is 0 Å². The molecule has 4 nitrogen and oxygen atoms in total. The highest BCUT2D eigenvalue weighted by Crippen LogP contribution is 2.19. The zero-order valence-corrected chi connectivity index (χ0v) is 7.87. The molecular weight excluding hydrogens is 156 g/mol. The zero-order chi connectivity index (χ0) is 9.46. The topological polar surface area (TPSA) is 40.6 Å². The van der Waals surface area contributed by atoms with Gasteiger partial charge in [-0.1, -0.05) is 0 Å². The summed E-state index contributed by atoms with van der Waals surface area (Å²) in [6.45, 7) is 5.09. The first-order valence-corrected chi connectivity index (χ1v) is 4.02. The molecule has 0 aliphatic carbocycles. The third-order valence-electron chi connectivity index (χ3n) is 2.45. The number of amides is 2. The summed E-state index contributed by atoms with van der Waals surface area (Å²) >= 11 is 0. The van der Waals surface area contributed by atoms with Gasteiger partial charge in [0.25, 0.3) is 0 Å². The molecule has 0 saturated carbocycles. The van der Waals surface area contributed by atoms with E-state index in [0.29, 0.717) is 0 Å². The van der Waals surface area contributed by atoms with Crippen LogP contribution in [0.1, 0.15) is 20.8 Å². The third kappa shape index (κ3) is 1.07. The van der Waals surface area contributed by atoms with Crippen LogP contribution in [-0.2, 0) is 9.59 Å². The molecule has 2 atom stereocenters. The minimum absolute atomic E-state index is 0.0118. The minimum atomic E-state index is -0.303.